The standard InChI is InChI=1S/C10H16ClN3O/c1-3-8(11)4-6-12-10(15)9-5-7-13-14(9)2/h5,7-8H,3-4,6H2,1-2H3,(H,12,15). The molecule has 0 bridgehead atoms. The van der Waals surface area contributed by atoms with Crippen LogP contribution in [0.5, 0.6) is 0 Å². The van der Waals surface area contributed by atoms with Crippen LogP contribution in [0, 0.1) is 0 Å². The van der Waals surface area contributed by atoms with E-state index in [1.807, 2.05) is 6.92 Å². The molecule has 1 aromatic heterocycles. The molecule has 4 nitrogen and oxygen atoms in total. The minimum atomic E-state index is -0.102. The molecule has 1 atom stereocenters. The fraction of sp³-hybridized carbons (Fsp3) is 0.600. The van der Waals surface area contributed by atoms with Gasteiger partial charge >= 0.3 is 0 Å². The highest BCUT2D eigenvalue weighted by Gasteiger charge is 2.09. The first-order valence-electron chi connectivity index (χ1n) is 5.05. The molecule has 1 aromatic rings. The first-order chi connectivity index (χ1) is 7.15. The van der Waals surface area contributed by atoms with Gasteiger partial charge in [-0.25, -0.2) is 0 Å². The number of alkyl halides is 1. The van der Waals surface area contributed by atoms with Gasteiger partial charge in [-0.1, -0.05) is 6.92 Å². The van der Waals surface area contributed by atoms with Crippen LogP contribution in [0.4, 0.5) is 0 Å². The summed E-state index contributed by atoms with van der Waals surface area (Å²) in [4.78, 5) is 11.6. The summed E-state index contributed by atoms with van der Waals surface area (Å²) in [6, 6.07) is 1.69. The number of amides is 1. The summed E-state index contributed by atoms with van der Waals surface area (Å²) < 4.78 is 1.55. The molecule has 5 heteroatoms. The minimum Gasteiger partial charge on any atom is -0.351 e. The second-order valence-corrected chi connectivity index (χ2v) is 4.01. The van der Waals surface area contributed by atoms with Crippen molar-refractivity contribution in [3.05, 3.63) is 18.0 Å². The predicted octanol–water partition coefficient (Wildman–Crippen LogP) is 1.56. The zero-order valence-electron chi connectivity index (χ0n) is 9.03. The van der Waals surface area contributed by atoms with E-state index in [-0.39, 0.29) is 11.3 Å². The van der Waals surface area contributed by atoms with Crippen LogP contribution in [-0.4, -0.2) is 27.6 Å². The first kappa shape index (κ1) is 12.0. The van der Waals surface area contributed by atoms with Gasteiger partial charge in [0.15, 0.2) is 0 Å². The quantitative estimate of drug-likeness (QED) is 0.779. The second kappa shape index (κ2) is 5.75. The number of halogens is 1. The van der Waals surface area contributed by atoms with E-state index in [0.717, 1.165) is 12.8 Å². The molecule has 0 saturated carbocycles. The lowest BCUT2D eigenvalue weighted by molar-refractivity contribution is 0.0943. The maximum atomic E-state index is 11.6. The number of rotatable bonds is 5. The van der Waals surface area contributed by atoms with Crippen molar-refractivity contribution in [2.45, 2.75) is 25.1 Å². The summed E-state index contributed by atoms with van der Waals surface area (Å²) >= 11 is 5.94. The molecular formula is C10H16ClN3O. The van der Waals surface area contributed by atoms with Gasteiger partial charge < -0.3 is 5.32 Å². The topological polar surface area (TPSA) is 46.9 Å². The summed E-state index contributed by atoms with van der Waals surface area (Å²) in [6.45, 7) is 2.63. The van der Waals surface area contributed by atoms with Gasteiger partial charge in [0.2, 0.25) is 0 Å². The first-order valence-corrected chi connectivity index (χ1v) is 5.49. The molecule has 1 heterocycles. The zero-order valence-corrected chi connectivity index (χ0v) is 9.79. The van der Waals surface area contributed by atoms with Gasteiger partial charge in [-0.05, 0) is 18.9 Å². The number of aromatic nitrogens is 2. The van der Waals surface area contributed by atoms with E-state index < -0.39 is 0 Å². The van der Waals surface area contributed by atoms with Crippen LogP contribution in [-0.2, 0) is 7.05 Å². The molecule has 84 valence electrons. The molecule has 0 spiro atoms. The monoisotopic (exact) mass is 229 g/mol. The third kappa shape index (κ3) is 3.55. The molecule has 1 unspecified atom stereocenters. The van der Waals surface area contributed by atoms with E-state index in [1.54, 1.807) is 24.0 Å². The Morgan fingerprint density at radius 2 is 2.47 bits per heavy atom. The Morgan fingerprint density at radius 3 is 3.00 bits per heavy atom. The fourth-order valence-corrected chi connectivity index (χ4v) is 1.34. The van der Waals surface area contributed by atoms with E-state index in [0.29, 0.717) is 12.2 Å². The van der Waals surface area contributed by atoms with Crippen LogP contribution in [0.2, 0.25) is 0 Å². The molecule has 0 fully saturated rings. The Kier molecular flexibility index (Phi) is 4.62. The smallest absolute Gasteiger partial charge is 0.269 e. The number of aryl methyl sites for hydroxylation is 1. The molecule has 0 saturated heterocycles. The molecule has 1 rings (SSSR count). The van der Waals surface area contributed by atoms with Crippen molar-refractivity contribution in [3.63, 3.8) is 0 Å². The van der Waals surface area contributed by atoms with Crippen molar-refractivity contribution in [1.82, 2.24) is 15.1 Å². The number of carbonyl (C=O) groups excluding carboxylic acids is 1. The average molecular weight is 230 g/mol. The minimum absolute atomic E-state index is 0.102. The van der Waals surface area contributed by atoms with Gasteiger partial charge in [-0.3, -0.25) is 9.48 Å². The second-order valence-electron chi connectivity index (χ2n) is 3.39. The number of hydrogen-bond acceptors (Lipinski definition) is 2. The summed E-state index contributed by atoms with van der Waals surface area (Å²) in [5, 5.41) is 6.87. The predicted molar refractivity (Wildman–Crippen MR) is 60.1 cm³/mol. The fourth-order valence-electron chi connectivity index (χ4n) is 1.23. The molecule has 15 heavy (non-hydrogen) atoms. The third-order valence-corrected chi connectivity index (χ3v) is 2.77. The van der Waals surface area contributed by atoms with Crippen molar-refractivity contribution in [3.8, 4) is 0 Å². The van der Waals surface area contributed by atoms with Gasteiger partial charge in [0, 0.05) is 25.2 Å². The lowest BCUT2D eigenvalue weighted by Gasteiger charge is -2.07. The van der Waals surface area contributed by atoms with Crippen LogP contribution in [0.15, 0.2) is 12.3 Å². The van der Waals surface area contributed by atoms with E-state index in [4.69, 9.17) is 11.6 Å². The molecule has 0 aliphatic carbocycles. The number of nitrogens with one attached hydrogen (secondary N) is 1. The molecule has 1 amide bonds. The molecule has 0 aromatic carbocycles. The lowest BCUT2D eigenvalue weighted by atomic mass is 10.2. The highest BCUT2D eigenvalue weighted by molar-refractivity contribution is 6.20. The number of nitrogens with zero attached hydrogens (tertiary/aromatic N) is 2. The molecule has 0 aliphatic heterocycles. The van der Waals surface area contributed by atoms with Crippen molar-refractivity contribution in [2.24, 2.45) is 7.05 Å². The Labute approximate surface area is 94.6 Å². The summed E-state index contributed by atoms with van der Waals surface area (Å²) in [5.74, 6) is -0.102. The summed E-state index contributed by atoms with van der Waals surface area (Å²) in [5.41, 5.74) is 0.567. The Hall–Kier alpha value is -1.03. The Bertz CT molecular complexity index is 324. The molecule has 1 N–H and O–H groups in total. The maximum Gasteiger partial charge on any atom is 0.269 e. The van der Waals surface area contributed by atoms with E-state index in [9.17, 15) is 4.79 Å². The maximum absolute atomic E-state index is 11.6. The Morgan fingerprint density at radius 1 is 1.73 bits per heavy atom. The third-order valence-electron chi connectivity index (χ3n) is 2.24. The van der Waals surface area contributed by atoms with Crippen molar-refractivity contribution in [2.75, 3.05) is 6.54 Å². The highest BCUT2D eigenvalue weighted by atomic mass is 35.5. The van der Waals surface area contributed by atoms with Crippen LogP contribution in [0.1, 0.15) is 30.3 Å². The highest BCUT2D eigenvalue weighted by Crippen LogP contribution is 2.05. The molecule has 0 radical (unpaired) electrons. The van der Waals surface area contributed by atoms with Gasteiger partial charge in [-0.2, -0.15) is 5.10 Å². The van der Waals surface area contributed by atoms with Crippen LogP contribution in [0.3, 0.4) is 0 Å². The van der Waals surface area contributed by atoms with Crippen molar-refractivity contribution >= 4 is 17.5 Å². The van der Waals surface area contributed by atoms with Crippen LogP contribution < -0.4 is 5.32 Å². The van der Waals surface area contributed by atoms with E-state index >= 15 is 0 Å². The van der Waals surface area contributed by atoms with Crippen molar-refractivity contribution < 1.29 is 4.79 Å². The van der Waals surface area contributed by atoms with Crippen molar-refractivity contribution in [1.29, 1.82) is 0 Å². The summed E-state index contributed by atoms with van der Waals surface area (Å²) in [6.07, 6.45) is 3.32. The van der Waals surface area contributed by atoms with Crippen LogP contribution >= 0.6 is 11.6 Å². The lowest BCUT2D eigenvalue weighted by Crippen LogP contribution is -2.27. The van der Waals surface area contributed by atoms with Crippen LogP contribution in [0.25, 0.3) is 0 Å². The van der Waals surface area contributed by atoms with E-state index in [1.165, 1.54) is 0 Å². The van der Waals surface area contributed by atoms with Gasteiger partial charge in [0.1, 0.15) is 5.69 Å². The molecule has 0 aliphatic rings. The van der Waals surface area contributed by atoms with E-state index in [2.05, 4.69) is 10.4 Å². The SMILES string of the molecule is CCC(Cl)CCNC(=O)c1ccnn1C. The summed E-state index contributed by atoms with van der Waals surface area (Å²) in [7, 11) is 1.74. The number of carbonyl (C=O) groups is 1. The van der Waals surface area contributed by atoms with Gasteiger partial charge in [0.05, 0.1) is 0 Å². The number of hydrogen-bond donors (Lipinski definition) is 1. The Balaban J connectivity index is 2.34. The largest absolute Gasteiger partial charge is 0.351 e. The normalized spacial score (nSPS) is 12.5. The average Bonchev–Trinajstić information content (AvgIpc) is 2.64. The van der Waals surface area contributed by atoms with Gasteiger partial charge in [0.25, 0.3) is 5.91 Å². The van der Waals surface area contributed by atoms with Gasteiger partial charge in [-0.15, -0.1) is 11.6 Å². The molecular weight excluding hydrogens is 214 g/mol. The zero-order chi connectivity index (χ0) is 11.3.